The number of hydrogen-bond donors (Lipinski definition) is 0. The first-order valence-electron chi connectivity index (χ1n) is 10.3. The summed E-state index contributed by atoms with van der Waals surface area (Å²) in [7, 11) is 0. The topological polar surface area (TPSA) is 47.1 Å². The van der Waals surface area contributed by atoms with Crippen molar-refractivity contribution in [2.75, 3.05) is 65.4 Å². The van der Waals surface area contributed by atoms with Gasteiger partial charge in [-0.3, -0.25) is 19.4 Å². The molecule has 3 rings (SSSR count). The van der Waals surface area contributed by atoms with Crippen LogP contribution in [-0.2, 0) is 16.0 Å². The number of carbonyl (C=O) groups excluding carboxylic acids is 2. The first-order chi connectivity index (χ1) is 13.5. The van der Waals surface area contributed by atoms with E-state index >= 15 is 0 Å². The maximum absolute atomic E-state index is 12.6. The molecule has 0 saturated carbocycles. The van der Waals surface area contributed by atoms with Crippen molar-refractivity contribution in [1.29, 1.82) is 0 Å². The Bertz CT molecular complexity index is 651. The highest BCUT2D eigenvalue weighted by molar-refractivity contribution is 6.30. The summed E-state index contributed by atoms with van der Waals surface area (Å²) in [5, 5.41) is 0.682. The summed E-state index contributed by atoms with van der Waals surface area (Å²) in [5.41, 5.74) is 0.981. The summed E-state index contributed by atoms with van der Waals surface area (Å²) >= 11 is 5.90. The minimum Gasteiger partial charge on any atom is -0.340 e. The number of rotatable bonds is 6. The molecule has 0 spiro atoms. The van der Waals surface area contributed by atoms with Gasteiger partial charge in [-0.25, -0.2) is 0 Å². The number of carbonyl (C=O) groups is 2. The van der Waals surface area contributed by atoms with Crippen LogP contribution < -0.4 is 0 Å². The van der Waals surface area contributed by atoms with E-state index in [0.29, 0.717) is 31.1 Å². The Labute approximate surface area is 173 Å². The van der Waals surface area contributed by atoms with Crippen LogP contribution in [0.4, 0.5) is 0 Å². The number of hydrogen-bond acceptors (Lipinski definition) is 4. The molecule has 0 radical (unpaired) electrons. The summed E-state index contributed by atoms with van der Waals surface area (Å²) < 4.78 is 0. The Morgan fingerprint density at radius 2 is 1.36 bits per heavy atom. The second kappa shape index (κ2) is 10.2. The summed E-state index contributed by atoms with van der Waals surface area (Å²) in [6.45, 7) is 10.3. The third-order valence-electron chi connectivity index (χ3n) is 5.62. The molecule has 2 saturated heterocycles. The molecule has 154 valence electrons. The molecule has 0 unspecified atom stereocenters. The van der Waals surface area contributed by atoms with Crippen molar-refractivity contribution in [2.45, 2.75) is 19.8 Å². The van der Waals surface area contributed by atoms with E-state index in [4.69, 9.17) is 11.6 Å². The first kappa shape index (κ1) is 21.1. The molecule has 0 atom stereocenters. The third-order valence-corrected chi connectivity index (χ3v) is 5.87. The minimum atomic E-state index is 0.139. The van der Waals surface area contributed by atoms with Crippen LogP contribution in [-0.4, -0.2) is 96.9 Å². The van der Waals surface area contributed by atoms with Crippen molar-refractivity contribution < 1.29 is 9.59 Å². The average Bonchev–Trinajstić information content (AvgIpc) is 2.71. The summed E-state index contributed by atoms with van der Waals surface area (Å²) in [4.78, 5) is 33.6. The predicted molar refractivity (Wildman–Crippen MR) is 111 cm³/mol. The molecule has 0 aliphatic carbocycles. The van der Waals surface area contributed by atoms with E-state index in [1.54, 1.807) is 0 Å². The number of amides is 2. The van der Waals surface area contributed by atoms with Crippen molar-refractivity contribution in [2.24, 2.45) is 0 Å². The highest BCUT2D eigenvalue weighted by Gasteiger charge is 2.26. The average molecular weight is 407 g/mol. The molecule has 2 aliphatic heterocycles. The molecule has 2 amide bonds. The Kier molecular flexibility index (Phi) is 7.71. The van der Waals surface area contributed by atoms with Gasteiger partial charge in [0.15, 0.2) is 0 Å². The maximum Gasteiger partial charge on any atom is 0.236 e. The smallest absolute Gasteiger partial charge is 0.236 e. The van der Waals surface area contributed by atoms with Crippen LogP contribution >= 0.6 is 11.6 Å². The lowest BCUT2D eigenvalue weighted by atomic mass is 10.1. The van der Waals surface area contributed by atoms with Crippen molar-refractivity contribution in [3.63, 3.8) is 0 Å². The van der Waals surface area contributed by atoms with Gasteiger partial charge in [-0.1, -0.05) is 30.7 Å². The molecule has 6 nitrogen and oxygen atoms in total. The molecule has 0 N–H and O–H groups in total. The Morgan fingerprint density at radius 1 is 0.821 bits per heavy atom. The number of piperazine rings is 2. The van der Waals surface area contributed by atoms with Gasteiger partial charge in [0.1, 0.15) is 0 Å². The van der Waals surface area contributed by atoms with Gasteiger partial charge in [-0.15, -0.1) is 0 Å². The fourth-order valence-corrected chi connectivity index (χ4v) is 4.00. The molecule has 2 aliphatic rings. The molecular formula is C21H31ClN4O2. The van der Waals surface area contributed by atoms with Crippen LogP contribution in [0.5, 0.6) is 0 Å². The lowest BCUT2D eigenvalue weighted by molar-refractivity contribution is -0.136. The molecule has 0 aromatic heterocycles. The number of nitrogens with zero attached hydrogens (tertiary/aromatic N) is 4. The monoisotopic (exact) mass is 406 g/mol. The summed E-state index contributed by atoms with van der Waals surface area (Å²) in [5.74, 6) is 0.359. The van der Waals surface area contributed by atoms with E-state index in [2.05, 4.69) is 16.7 Å². The van der Waals surface area contributed by atoms with Crippen LogP contribution in [0.2, 0.25) is 5.02 Å². The van der Waals surface area contributed by atoms with Gasteiger partial charge in [0.25, 0.3) is 0 Å². The Morgan fingerprint density at radius 3 is 1.93 bits per heavy atom. The van der Waals surface area contributed by atoms with Gasteiger partial charge >= 0.3 is 0 Å². The standard InChI is InChI=1S/C21H31ClN4O2/c1-2-7-23-8-12-26(13-9-23)21(28)17-24-10-14-25(15-11-24)20(27)16-18-3-5-19(22)6-4-18/h3-6H,2,7-17H2,1H3. The molecule has 2 heterocycles. The Balaban J connectivity index is 1.38. The third kappa shape index (κ3) is 5.93. The largest absolute Gasteiger partial charge is 0.340 e. The quantitative estimate of drug-likeness (QED) is 0.719. The van der Waals surface area contributed by atoms with Crippen molar-refractivity contribution in [3.8, 4) is 0 Å². The van der Waals surface area contributed by atoms with Crippen molar-refractivity contribution in [3.05, 3.63) is 34.9 Å². The van der Waals surface area contributed by atoms with E-state index < -0.39 is 0 Å². The van der Waals surface area contributed by atoms with Gasteiger partial charge in [0, 0.05) is 57.4 Å². The van der Waals surface area contributed by atoms with E-state index in [1.807, 2.05) is 34.1 Å². The van der Waals surface area contributed by atoms with E-state index in [-0.39, 0.29) is 11.8 Å². The highest BCUT2D eigenvalue weighted by Crippen LogP contribution is 2.12. The van der Waals surface area contributed by atoms with E-state index in [1.165, 1.54) is 0 Å². The van der Waals surface area contributed by atoms with Gasteiger partial charge in [0.05, 0.1) is 13.0 Å². The van der Waals surface area contributed by atoms with Crippen LogP contribution in [0.1, 0.15) is 18.9 Å². The molecule has 1 aromatic carbocycles. The fraction of sp³-hybridized carbons (Fsp3) is 0.619. The summed E-state index contributed by atoms with van der Waals surface area (Å²) in [6, 6.07) is 7.43. The van der Waals surface area contributed by atoms with E-state index in [9.17, 15) is 9.59 Å². The molecule has 2 fully saturated rings. The molecule has 1 aromatic rings. The zero-order chi connectivity index (χ0) is 19.9. The van der Waals surface area contributed by atoms with Crippen molar-refractivity contribution in [1.82, 2.24) is 19.6 Å². The molecule has 7 heteroatoms. The molecule has 28 heavy (non-hydrogen) atoms. The number of benzene rings is 1. The Hall–Kier alpha value is -1.63. The highest BCUT2D eigenvalue weighted by atomic mass is 35.5. The first-order valence-corrected chi connectivity index (χ1v) is 10.7. The second-order valence-electron chi connectivity index (χ2n) is 7.68. The van der Waals surface area contributed by atoms with Gasteiger partial charge in [-0.05, 0) is 30.7 Å². The molecular weight excluding hydrogens is 376 g/mol. The van der Waals surface area contributed by atoms with Gasteiger partial charge < -0.3 is 9.80 Å². The van der Waals surface area contributed by atoms with Gasteiger partial charge in [-0.2, -0.15) is 0 Å². The van der Waals surface area contributed by atoms with Crippen LogP contribution in [0, 0.1) is 0 Å². The van der Waals surface area contributed by atoms with Crippen LogP contribution in [0.25, 0.3) is 0 Å². The van der Waals surface area contributed by atoms with Crippen molar-refractivity contribution >= 4 is 23.4 Å². The minimum absolute atomic E-state index is 0.139. The predicted octanol–water partition coefficient (Wildman–Crippen LogP) is 1.58. The second-order valence-corrected chi connectivity index (χ2v) is 8.12. The lowest BCUT2D eigenvalue weighted by Gasteiger charge is -2.38. The van der Waals surface area contributed by atoms with E-state index in [0.717, 1.165) is 57.8 Å². The molecule has 0 bridgehead atoms. The fourth-order valence-electron chi connectivity index (χ4n) is 3.87. The maximum atomic E-state index is 12.6. The van der Waals surface area contributed by atoms with Crippen LogP contribution in [0.3, 0.4) is 0 Å². The van der Waals surface area contributed by atoms with Crippen LogP contribution in [0.15, 0.2) is 24.3 Å². The normalized spacial score (nSPS) is 19.1. The number of halogens is 1. The summed E-state index contributed by atoms with van der Waals surface area (Å²) in [6.07, 6.45) is 1.56. The van der Waals surface area contributed by atoms with Gasteiger partial charge in [0.2, 0.25) is 11.8 Å². The zero-order valence-electron chi connectivity index (χ0n) is 16.8. The zero-order valence-corrected chi connectivity index (χ0v) is 17.5. The lowest BCUT2D eigenvalue weighted by Crippen LogP contribution is -2.54. The SMILES string of the molecule is CCCN1CCN(C(=O)CN2CCN(C(=O)Cc3ccc(Cl)cc3)CC2)CC1.